The molecule has 3 nitrogen and oxygen atoms in total. The summed E-state index contributed by atoms with van der Waals surface area (Å²) in [6, 6.07) is 4.04. The molecule has 1 aromatic rings. The smallest absolute Gasteiger partial charge is 0.142 e. The van der Waals surface area contributed by atoms with Gasteiger partial charge in [0.25, 0.3) is 0 Å². The summed E-state index contributed by atoms with van der Waals surface area (Å²) in [6.45, 7) is 6.73. The van der Waals surface area contributed by atoms with Gasteiger partial charge in [-0.25, -0.2) is 0 Å². The molecule has 1 saturated heterocycles. The Labute approximate surface area is 125 Å². The molecule has 1 fully saturated rings. The molecule has 0 aliphatic carbocycles. The van der Waals surface area contributed by atoms with E-state index in [2.05, 4.69) is 17.9 Å². The van der Waals surface area contributed by atoms with E-state index in [-0.39, 0.29) is 6.04 Å². The fourth-order valence-corrected chi connectivity index (χ4v) is 3.68. The Hall–Kier alpha value is -0.770. The van der Waals surface area contributed by atoms with Crippen LogP contribution in [0.1, 0.15) is 36.9 Å². The number of piperidine rings is 1. The zero-order valence-corrected chi connectivity index (χ0v) is 12.9. The molecule has 1 aromatic carbocycles. The summed E-state index contributed by atoms with van der Waals surface area (Å²) >= 11 is 6.30. The maximum Gasteiger partial charge on any atom is 0.142 e. The van der Waals surface area contributed by atoms with Crippen LogP contribution in [0.15, 0.2) is 12.1 Å². The molecule has 2 aliphatic heterocycles. The van der Waals surface area contributed by atoms with E-state index >= 15 is 0 Å². The van der Waals surface area contributed by atoms with Gasteiger partial charge in [0.15, 0.2) is 0 Å². The highest BCUT2D eigenvalue weighted by molar-refractivity contribution is 6.32. The van der Waals surface area contributed by atoms with E-state index < -0.39 is 6.10 Å². The number of rotatable bonds is 1. The van der Waals surface area contributed by atoms with Gasteiger partial charge in [0.1, 0.15) is 18.5 Å². The molecule has 0 saturated carbocycles. The van der Waals surface area contributed by atoms with Crippen LogP contribution in [0.5, 0.6) is 5.75 Å². The van der Waals surface area contributed by atoms with E-state index in [0.29, 0.717) is 11.6 Å². The fraction of sp³-hybridized carbons (Fsp3) is 0.625. The van der Waals surface area contributed by atoms with Crippen molar-refractivity contribution in [2.75, 3.05) is 19.7 Å². The lowest BCUT2D eigenvalue weighted by Gasteiger charge is -2.42. The second-order valence-corrected chi connectivity index (χ2v) is 6.61. The summed E-state index contributed by atoms with van der Waals surface area (Å²) in [5, 5.41) is 11.1. The second-order valence-electron chi connectivity index (χ2n) is 6.21. The molecule has 1 N–H and O–H groups in total. The van der Waals surface area contributed by atoms with E-state index in [1.807, 2.05) is 13.0 Å². The first-order valence-electron chi connectivity index (χ1n) is 7.41. The number of fused-ring (bicyclic) bond motifs is 1. The van der Waals surface area contributed by atoms with Gasteiger partial charge < -0.3 is 9.84 Å². The van der Waals surface area contributed by atoms with E-state index in [9.17, 15) is 5.11 Å². The summed E-state index contributed by atoms with van der Waals surface area (Å²) < 4.78 is 5.66. The molecule has 110 valence electrons. The van der Waals surface area contributed by atoms with Crippen molar-refractivity contribution in [3.8, 4) is 5.75 Å². The van der Waals surface area contributed by atoms with Crippen LogP contribution in [-0.2, 0) is 0 Å². The predicted octanol–water partition coefficient (Wildman–Crippen LogP) is 3.17. The summed E-state index contributed by atoms with van der Waals surface area (Å²) in [7, 11) is 0. The van der Waals surface area contributed by atoms with Crippen LogP contribution >= 0.6 is 11.6 Å². The molecule has 2 unspecified atom stereocenters. The van der Waals surface area contributed by atoms with Crippen LogP contribution in [0.25, 0.3) is 0 Å². The number of aliphatic hydroxyl groups excluding tert-OH is 1. The molecule has 0 spiro atoms. The van der Waals surface area contributed by atoms with Gasteiger partial charge in [0, 0.05) is 5.56 Å². The number of ether oxygens (including phenoxy) is 1. The van der Waals surface area contributed by atoms with Gasteiger partial charge in [0.05, 0.1) is 11.1 Å². The van der Waals surface area contributed by atoms with Crippen LogP contribution < -0.4 is 4.74 Å². The number of nitrogens with zero attached hydrogens (tertiary/aromatic N) is 1. The Balaban J connectivity index is 1.95. The SMILES string of the molecule is Cc1cc(Cl)c2c(c1)C(N1CCC(C)CC1)C(O)CO2. The minimum Gasteiger partial charge on any atom is -0.489 e. The highest BCUT2D eigenvalue weighted by atomic mass is 35.5. The molecule has 0 radical (unpaired) electrons. The van der Waals surface area contributed by atoms with Crippen molar-refractivity contribution >= 4 is 11.6 Å². The van der Waals surface area contributed by atoms with Crippen molar-refractivity contribution in [2.45, 2.75) is 38.8 Å². The number of likely N-dealkylation sites (tertiary alicyclic amines) is 1. The Kier molecular flexibility index (Phi) is 3.93. The number of benzene rings is 1. The van der Waals surface area contributed by atoms with Gasteiger partial charge in [-0.2, -0.15) is 0 Å². The maximum atomic E-state index is 10.4. The van der Waals surface area contributed by atoms with Gasteiger partial charge in [0.2, 0.25) is 0 Å². The molecule has 0 bridgehead atoms. The van der Waals surface area contributed by atoms with Crippen molar-refractivity contribution in [3.05, 3.63) is 28.3 Å². The van der Waals surface area contributed by atoms with Crippen LogP contribution in [0, 0.1) is 12.8 Å². The zero-order valence-electron chi connectivity index (χ0n) is 12.1. The normalized spacial score (nSPS) is 28.0. The summed E-state index contributed by atoms with van der Waals surface area (Å²) in [4.78, 5) is 2.39. The Morgan fingerprint density at radius 3 is 2.70 bits per heavy atom. The Bertz CT molecular complexity index is 497. The van der Waals surface area contributed by atoms with Crippen LogP contribution in [0.4, 0.5) is 0 Å². The van der Waals surface area contributed by atoms with Gasteiger partial charge in [-0.1, -0.05) is 24.6 Å². The quantitative estimate of drug-likeness (QED) is 0.864. The molecule has 3 rings (SSSR count). The largest absolute Gasteiger partial charge is 0.489 e. The number of halogens is 1. The topological polar surface area (TPSA) is 32.7 Å². The zero-order chi connectivity index (χ0) is 14.3. The highest BCUT2D eigenvalue weighted by Crippen LogP contribution is 2.42. The molecular weight excluding hydrogens is 274 g/mol. The standard InChI is InChI=1S/C16H22ClNO2/c1-10-3-5-18(6-4-10)15-12-7-11(2)8-13(17)16(12)20-9-14(15)19/h7-8,10,14-15,19H,3-6,9H2,1-2H3. The van der Waals surface area contributed by atoms with Crippen molar-refractivity contribution in [1.82, 2.24) is 4.90 Å². The number of aliphatic hydroxyl groups is 1. The first-order chi connectivity index (χ1) is 9.56. The molecule has 0 amide bonds. The van der Waals surface area contributed by atoms with E-state index in [0.717, 1.165) is 35.9 Å². The van der Waals surface area contributed by atoms with Crippen LogP contribution in [0.2, 0.25) is 5.02 Å². The van der Waals surface area contributed by atoms with Crippen molar-refractivity contribution < 1.29 is 9.84 Å². The molecule has 0 aromatic heterocycles. The summed E-state index contributed by atoms with van der Waals surface area (Å²) in [6.07, 6.45) is 1.91. The van der Waals surface area contributed by atoms with E-state index in [1.165, 1.54) is 12.8 Å². The Morgan fingerprint density at radius 2 is 2.00 bits per heavy atom. The van der Waals surface area contributed by atoms with Crippen molar-refractivity contribution in [1.29, 1.82) is 0 Å². The average Bonchev–Trinajstić information content (AvgIpc) is 2.40. The van der Waals surface area contributed by atoms with Gasteiger partial charge in [-0.15, -0.1) is 0 Å². The average molecular weight is 296 g/mol. The number of aryl methyl sites for hydroxylation is 1. The maximum absolute atomic E-state index is 10.4. The minimum absolute atomic E-state index is 0.0173. The first-order valence-corrected chi connectivity index (χ1v) is 7.79. The summed E-state index contributed by atoms with van der Waals surface area (Å²) in [5.41, 5.74) is 2.16. The molecule has 4 heteroatoms. The van der Waals surface area contributed by atoms with Crippen molar-refractivity contribution in [2.24, 2.45) is 5.92 Å². The second kappa shape index (κ2) is 5.55. The number of hydrogen-bond acceptors (Lipinski definition) is 3. The number of hydrogen-bond donors (Lipinski definition) is 1. The molecular formula is C16H22ClNO2. The van der Waals surface area contributed by atoms with Crippen molar-refractivity contribution in [3.63, 3.8) is 0 Å². The minimum atomic E-state index is -0.478. The van der Waals surface area contributed by atoms with Gasteiger partial charge in [-0.05, 0) is 50.4 Å². The lowest BCUT2D eigenvalue weighted by Crippen LogP contribution is -2.45. The van der Waals surface area contributed by atoms with Gasteiger partial charge in [-0.3, -0.25) is 4.90 Å². The lowest BCUT2D eigenvalue weighted by molar-refractivity contribution is -0.0114. The highest BCUT2D eigenvalue weighted by Gasteiger charge is 2.36. The van der Waals surface area contributed by atoms with Crippen LogP contribution in [0.3, 0.4) is 0 Å². The monoisotopic (exact) mass is 295 g/mol. The third-order valence-corrected chi connectivity index (χ3v) is 4.79. The molecule has 20 heavy (non-hydrogen) atoms. The van der Waals surface area contributed by atoms with Gasteiger partial charge >= 0.3 is 0 Å². The van der Waals surface area contributed by atoms with E-state index in [1.54, 1.807) is 0 Å². The summed E-state index contributed by atoms with van der Waals surface area (Å²) in [5.74, 6) is 1.54. The third kappa shape index (κ3) is 2.54. The lowest BCUT2D eigenvalue weighted by atomic mass is 9.91. The first kappa shape index (κ1) is 14.2. The Morgan fingerprint density at radius 1 is 1.30 bits per heavy atom. The fourth-order valence-electron chi connectivity index (χ4n) is 3.34. The van der Waals surface area contributed by atoms with Crippen LogP contribution in [-0.4, -0.2) is 35.8 Å². The van der Waals surface area contributed by atoms with E-state index in [4.69, 9.17) is 16.3 Å². The molecule has 2 heterocycles. The third-order valence-electron chi connectivity index (χ3n) is 4.51. The molecule has 2 atom stereocenters. The molecule has 2 aliphatic rings. The predicted molar refractivity (Wildman–Crippen MR) is 80.4 cm³/mol.